The molecule has 0 radical (unpaired) electrons. The summed E-state index contributed by atoms with van der Waals surface area (Å²) in [5.74, 6) is -0.0448. The van der Waals surface area contributed by atoms with Gasteiger partial charge in [-0.1, -0.05) is 31.2 Å². The lowest BCUT2D eigenvalue weighted by atomic mass is 9.99. The van der Waals surface area contributed by atoms with Crippen LogP contribution in [0.5, 0.6) is 0 Å². The van der Waals surface area contributed by atoms with Crippen LogP contribution in [0.15, 0.2) is 42.5 Å². The lowest BCUT2D eigenvalue weighted by molar-refractivity contribution is 0.102. The predicted octanol–water partition coefficient (Wildman–Crippen LogP) is 3.15. The first-order chi connectivity index (χ1) is 10.3. The van der Waals surface area contributed by atoms with E-state index >= 15 is 0 Å². The summed E-state index contributed by atoms with van der Waals surface area (Å²) in [5.41, 5.74) is 5.40. The summed E-state index contributed by atoms with van der Waals surface area (Å²) in [6, 6.07) is 13.9. The molecule has 1 heterocycles. The van der Waals surface area contributed by atoms with Crippen LogP contribution in [0.2, 0.25) is 0 Å². The molecule has 3 heteroatoms. The van der Waals surface area contributed by atoms with Crippen molar-refractivity contribution in [2.24, 2.45) is 0 Å². The molecule has 0 saturated heterocycles. The number of nitrogens with one attached hydrogen (secondary N) is 2. The van der Waals surface area contributed by atoms with Gasteiger partial charge in [0, 0.05) is 17.8 Å². The van der Waals surface area contributed by atoms with Gasteiger partial charge >= 0.3 is 0 Å². The summed E-state index contributed by atoms with van der Waals surface area (Å²) in [6.07, 6.45) is 2.00. The second-order valence-electron chi connectivity index (χ2n) is 5.37. The Morgan fingerprint density at radius 1 is 1.19 bits per heavy atom. The quantitative estimate of drug-likeness (QED) is 0.907. The Morgan fingerprint density at radius 2 is 2.00 bits per heavy atom. The van der Waals surface area contributed by atoms with Crippen molar-refractivity contribution in [3.63, 3.8) is 0 Å². The minimum absolute atomic E-state index is 0.0448. The van der Waals surface area contributed by atoms with Crippen molar-refractivity contribution in [3.8, 4) is 0 Å². The lowest BCUT2D eigenvalue weighted by Crippen LogP contribution is -2.25. The van der Waals surface area contributed by atoms with Crippen molar-refractivity contribution >= 4 is 11.6 Å². The number of amides is 1. The first kappa shape index (κ1) is 13.8. The van der Waals surface area contributed by atoms with Crippen molar-refractivity contribution in [1.29, 1.82) is 0 Å². The molecule has 2 aromatic carbocycles. The summed E-state index contributed by atoms with van der Waals surface area (Å²) >= 11 is 0. The molecule has 21 heavy (non-hydrogen) atoms. The fourth-order valence-electron chi connectivity index (χ4n) is 2.72. The number of hydrogen-bond acceptors (Lipinski definition) is 2. The number of carbonyl (C=O) groups excluding carboxylic acids is 1. The average Bonchev–Trinajstić information content (AvgIpc) is 2.55. The van der Waals surface area contributed by atoms with Crippen LogP contribution in [-0.2, 0) is 19.4 Å². The van der Waals surface area contributed by atoms with E-state index in [2.05, 4.69) is 23.6 Å². The third-order valence-electron chi connectivity index (χ3n) is 4.02. The van der Waals surface area contributed by atoms with E-state index in [1.54, 1.807) is 0 Å². The second kappa shape index (κ2) is 6.10. The van der Waals surface area contributed by atoms with Crippen LogP contribution in [0.1, 0.15) is 34.0 Å². The maximum absolute atomic E-state index is 12.4. The fraction of sp³-hybridized carbons (Fsp3) is 0.278. The highest BCUT2D eigenvalue weighted by atomic mass is 16.1. The van der Waals surface area contributed by atoms with Crippen LogP contribution < -0.4 is 10.6 Å². The number of anilines is 1. The van der Waals surface area contributed by atoms with E-state index in [1.165, 1.54) is 16.7 Å². The maximum Gasteiger partial charge on any atom is 0.255 e. The minimum atomic E-state index is -0.0448. The van der Waals surface area contributed by atoms with Gasteiger partial charge in [-0.25, -0.2) is 0 Å². The van der Waals surface area contributed by atoms with Gasteiger partial charge < -0.3 is 10.6 Å². The number of aryl methyl sites for hydroxylation is 1. The van der Waals surface area contributed by atoms with Gasteiger partial charge in [0.05, 0.1) is 0 Å². The van der Waals surface area contributed by atoms with Crippen LogP contribution in [0, 0.1) is 0 Å². The first-order valence-electron chi connectivity index (χ1n) is 7.49. The molecule has 0 aliphatic carbocycles. The molecule has 0 aromatic heterocycles. The average molecular weight is 280 g/mol. The topological polar surface area (TPSA) is 41.1 Å². The van der Waals surface area contributed by atoms with Gasteiger partial charge in [-0.15, -0.1) is 0 Å². The number of benzene rings is 2. The SMILES string of the molecule is CCc1ccc(C(=O)Nc2cccc3c2CNCC3)cc1. The van der Waals surface area contributed by atoms with Crippen molar-refractivity contribution in [1.82, 2.24) is 5.32 Å². The number of rotatable bonds is 3. The molecule has 0 unspecified atom stereocenters. The monoisotopic (exact) mass is 280 g/mol. The number of fused-ring (bicyclic) bond motifs is 1. The maximum atomic E-state index is 12.4. The van der Waals surface area contributed by atoms with Crippen molar-refractivity contribution in [2.75, 3.05) is 11.9 Å². The molecule has 0 spiro atoms. The molecule has 3 nitrogen and oxygen atoms in total. The Labute approximate surface area is 125 Å². The fourth-order valence-corrected chi connectivity index (χ4v) is 2.72. The van der Waals surface area contributed by atoms with Crippen molar-refractivity contribution in [2.45, 2.75) is 26.3 Å². The van der Waals surface area contributed by atoms with E-state index in [9.17, 15) is 4.79 Å². The summed E-state index contributed by atoms with van der Waals surface area (Å²) in [5, 5.41) is 6.40. The van der Waals surface area contributed by atoms with Gasteiger partial charge in [-0.3, -0.25) is 4.79 Å². The second-order valence-corrected chi connectivity index (χ2v) is 5.37. The number of hydrogen-bond donors (Lipinski definition) is 2. The van der Waals surface area contributed by atoms with Crippen molar-refractivity contribution in [3.05, 3.63) is 64.7 Å². The van der Waals surface area contributed by atoms with E-state index in [1.807, 2.05) is 36.4 Å². The zero-order chi connectivity index (χ0) is 14.7. The molecule has 0 bridgehead atoms. The lowest BCUT2D eigenvalue weighted by Gasteiger charge is -2.20. The van der Waals surface area contributed by atoms with E-state index in [0.717, 1.165) is 31.6 Å². The van der Waals surface area contributed by atoms with E-state index in [-0.39, 0.29) is 5.91 Å². The van der Waals surface area contributed by atoms with Gasteiger partial charge in [-0.05, 0) is 54.3 Å². The van der Waals surface area contributed by atoms with Crippen LogP contribution in [0.3, 0.4) is 0 Å². The molecule has 0 saturated carbocycles. The molecule has 2 N–H and O–H groups in total. The summed E-state index contributed by atoms with van der Waals surface area (Å²) in [6.45, 7) is 3.93. The third-order valence-corrected chi connectivity index (χ3v) is 4.02. The van der Waals surface area contributed by atoms with Crippen LogP contribution >= 0.6 is 0 Å². The predicted molar refractivity (Wildman–Crippen MR) is 85.6 cm³/mol. The molecule has 1 amide bonds. The Balaban J connectivity index is 1.81. The van der Waals surface area contributed by atoms with Gasteiger partial charge in [0.15, 0.2) is 0 Å². The summed E-state index contributed by atoms with van der Waals surface area (Å²) in [7, 11) is 0. The van der Waals surface area contributed by atoms with Gasteiger partial charge in [-0.2, -0.15) is 0 Å². The summed E-state index contributed by atoms with van der Waals surface area (Å²) < 4.78 is 0. The summed E-state index contributed by atoms with van der Waals surface area (Å²) in [4.78, 5) is 12.4. The standard InChI is InChI=1S/C18H20N2O/c1-2-13-6-8-15(9-7-13)18(21)20-17-5-3-4-14-10-11-19-12-16(14)17/h3-9,19H,2,10-12H2,1H3,(H,20,21). The highest BCUT2D eigenvalue weighted by Gasteiger charge is 2.14. The van der Waals surface area contributed by atoms with Gasteiger partial charge in [0.1, 0.15) is 0 Å². The van der Waals surface area contributed by atoms with Crippen molar-refractivity contribution < 1.29 is 4.79 Å². The van der Waals surface area contributed by atoms with Gasteiger partial charge in [0.2, 0.25) is 0 Å². The smallest absolute Gasteiger partial charge is 0.255 e. The molecule has 2 aromatic rings. The molecule has 0 fully saturated rings. The Morgan fingerprint density at radius 3 is 2.76 bits per heavy atom. The minimum Gasteiger partial charge on any atom is -0.322 e. The zero-order valence-corrected chi connectivity index (χ0v) is 12.3. The molecule has 1 aliphatic rings. The zero-order valence-electron chi connectivity index (χ0n) is 12.3. The highest BCUT2D eigenvalue weighted by Crippen LogP contribution is 2.23. The highest BCUT2D eigenvalue weighted by molar-refractivity contribution is 6.04. The molecule has 3 rings (SSSR count). The first-order valence-corrected chi connectivity index (χ1v) is 7.49. The molecule has 0 atom stereocenters. The third kappa shape index (κ3) is 2.98. The van der Waals surface area contributed by atoms with E-state index in [0.29, 0.717) is 5.56 Å². The Hall–Kier alpha value is -2.13. The largest absolute Gasteiger partial charge is 0.322 e. The normalized spacial score (nSPS) is 13.6. The molecule has 1 aliphatic heterocycles. The van der Waals surface area contributed by atoms with Crippen LogP contribution in [-0.4, -0.2) is 12.5 Å². The van der Waals surface area contributed by atoms with Gasteiger partial charge in [0.25, 0.3) is 5.91 Å². The molecular formula is C18H20N2O. The van der Waals surface area contributed by atoms with Crippen LogP contribution in [0.4, 0.5) is 5.69 Å². The molecule has 108 valence electrons. The Kier molecular flexibility index (Phi) is 4.02. The van der Waals surface area contributed by atoms with Crippen LogP contribution in [0.25, 0.3) is 0 Å². The van der Waals surface area contributed by atoms with E-state index < -0.39 is 0 Å². The molecular weight excluding hydrogens is 260 g/mol. The van der Waals surface area contributed by atoms with E-state index in [4.69, 9.17) is 0 Å². The number of carbonyl (C=O) groups is 1. The Bertz CT molecular complexity index is 647.